The summed E-state index contributed by atoms with van der Waals surface area (Å²) in [4.78, 5) is 28.6. The van der Waals surface area contributed by atoms with E-state index in [-0.39, 0.29) is 11.5 Å². The third kappa shape index (κ3) is 12.2. The van der Waals surface area contributed by atoms with E-state index in [1.807, 2.05) is 16.9 Å². The number of H-pyrrole nitrogens is 1. The lowest BCUT2D eigenvalue weighted by molar-refractivity contribution is -0.156. The molecule has 1 aromatic rings. The standard InChI is InChI=1S/C12H24N2O2.C10H14F3N.C8H7F3N2O/c1-3-5-6-8-14(7-4-2)11(15)12(16)9-13-10-12;1-4-6-8(3)14-7-9(5-2)10(11,12)13;9-8(10,11)6-4-2-1-3-5(4)12-13-7(6)14/h13,16H,3-10H2,1-2H3;5-7H,4H2,1-3H3;1-3H2,(H,13,14)/b;8-6+,9-5+,14-7+;. The second-order valence-electron chi connectivity index (χ2n) is 10.6. The first kappa shape index (κ1) is 39.0. The van der Waals surface area contributed by atoms with Crippen LogP contribution in [0.3, 0.4) is 0 Å². The monoisotopic (exact) mass is 637 g/mol. The van der Waals surface area contributed by atoms with Crippen LogP contribution < -0.4 is 10.9 Å². The van der Waals surface area contributed by atoms with Gasteiger partial charge in [-0.2, -0.15) is 31.4 Å². The Kier molecular flexibility index (Phi) is 16.0. The van der Waals surface area contributed by atoms with Gasteiger partial charge in [-0.3, -0.25) is 14.6 Å². The average molecular weight is 638 g/mol. The van der Waals surface area contributed by atoms with Crippen LogP contribution in [-0.2, 0) is 23.8 Å². The van der Waals surface area contributed by atoms with Gasteiger partial charge in [0.2, 0.25) is 0 Å². The fraction of sp³-hybridized carbons (Fsp3) is 0.667. The molecule has 3 N–H and O–H groups in total. The summed E-state index contributed by atoms with van der Waals surface area (Å²) in [5.41, 5.74) is -3.02. The lowest BCUT2D eigenvalue weighted by Gasteiger charge is -2.39. The number of unbranched alkanes of at least 4 members (excludes halogenated alkanes) is 2. The predicted molar refractivity (Wildman–Crippen MR) is 158 cm³/mol. The third-order valence-corrected chi connectivity index (χ3v) is 6.88. The normalized spacial score (nSPS) is 16.4. The van der Waals surface area contributed by atoms with Crippen LogP contribution in [0.1, 0.15) is 90.0 Å². The van der Waals surface area contributed by atoms with E-state index in [1.54, 1.807) is 13.0 Å². The number of aryl methyl sites for hydroxylation is 1. The summed E-state index contributed by atoms with van der Waals surface area (Å²) in [6.45, 7) is 11.5. The molecule has 1 aliphatic carbocycles. The van der Waals surface area contributed by atoms with E-state index in [4.69, 9.17) is 0 Å². The molecular formula is C30H45F6N5O3. The van der Waals surface area contributed by atoms with Gasteiger partial charge < -0.3 is 15.3 Å². The highest BCUT2D eigenvalue weighted by Crippen LogP contribution is 2.33. The maximum absolute atomic E-state index is 12.5. The molecule has 0 saturated carbocycles. The van der Waals surface area contributed by atoms with Crippen LogP contribution in [-0.4, -0.2) is 70.3 Å². The van der Waals surface area contributed by atoms with Crippen LogP contribution in [0.4, 0.5) is 26.3 Å². The first-order chi connectivity index (χ1) is 20.5. The van der Waals surface area contributed by atoms with Crippen molar-refractivity contribution < 1.29 is 36.2 Å². The topological polar surface area (TPSA) is 111 Å². The summed E-state index contributed by atoms with van der Waals surface area (Å²) in [6.07, 6.45) is 1.19. The molecule has 14 heteroatoms. The van der Waals surface area contributed by atoms with Gasteiger partial charge in [-0.05, 0) is 57.9 Å². The summed E-state index contributed by atoms with van der Waals surface area (Å²) >= 11 is 0. The van der Waals surface area contributed by atoms with Gasteiger partial charge in [-0.1, -0.05) is 45.8 Å². The van der Waals surface area contributed by atoms with Crippen molar-refractivity contribution >= 4 is 12.1 Å². The number of aromatic amines is 1. The molecule has 0 aromatic carbocycles. The molecule has 2 heterocycles. The molecule has 8 nitrogen and oxygen atoms in total. The van der Waals surface area contributed by atoms with Crippen LogP contribution in [0.2, 0.25) is 0 Å². The van der Waals surface area contributed by atoms with Crippen molar-refractivity contribution in [2.45, 2.75) is 104 Å². The van der Waals surface area contributed by atoms with E-state index in [0.29, 0.717) is 43.7 Å². The zero-order valence-corrected chi connectivity index (χ0v) is 26.1. The van der Waals surface area contributed by atoms with Crippen LogP contribution >= 0.6 is 0 Å². The van der Waals surface area contributed by atoms with Gasteiger partial charge in [0, 0.05) is 38.1 Å². The highest BCUT2D eigenvalue weighted by molar-refractivity contribution is 5.86. The number of alkyl halides is 6. The first-order valence-electron chi connectivity index (χ1n) is 14.9. The number of aliphatic imine (C=N–C) groups is 1. The van der Waals surface area contributed by atoms with Gasteiger partial charge in [-0.25, -0.2) is 5.10 Å². The Labute approximate surface area is 254 Å². The van der Waals surface area contributed by atoms with Crippen molar-refractivity contribution in [3.05, 3.63) is 50.6 Å². The molecule has 3 rings (SSSR count). The zero-order chi connectivity index (χ0) is 33.6. The molecule has 250 valence electrons. The number of amides is 1. The van der Waals surface area contributed by atoms with Crippen molar-refractivity contribution in [2.24, 2.45) is 4.99 Å². The lowest BCUT2D eigenvalue weighted by Crippen LogP contribution is -2.67. The van der Waals surface area contributed by atoms with Crippen LogP contribution in [0.5, 0.6) is 0 Å². The number of hydrogen-bond donors (Lipinski definition) is 3. The van der Waals surface area contributed by atoms with E-state index in [1.165, 1.54) is 6.92 Å². The SMILES string of the molecule is CCCCCN(CCC)C(=O)C1(O)CNC1.C\C=C(/C=N/C(C)=C/CC)C(F)(F)F.O=c1[nH]nc2c(c1C(F)(F)F)CCC2. The molecular weight excluding hydrogens is 592 g/mol. The molecule has 0 bridgehead atoms. The number of carbonyl (C=O) groups excluding carboxylic acids is 1. The number of aromatic nitrogens is 2. The smallest absolute Gasteiger partial charge is 0.377 e. The number of β-amino-alcohol motifs (C(OH)–C–C–N with tert-alkyl or cyclic N) is 1. The molecule has 1 aliphatic heterocycles. The Morgan fingerprint density at radius 2 is 1.73 bits per heavy atom. The lowest BCUT2D eigenvalue weighted by atomic mass is 9.95. The largest absolute Gasteiger partial charge is 0.422 e. The molecule has 1 amide bonds. The van der Waals surface area contributed by atoms with E-state index in [9.17, 15) is 41.0 Å². The van der Waals surface area contributed by atoms with Crippen LogP contribution in [0, 0.1) is 0 Å². The minimum atomic E-state index is -4.58. The number of carbonyl (C=O) groups is 1. The van der Waals surface area contributed by atoms with Crippen LogP contribution in [0.15, 0.2) is 33.2 Å². The molecule has 1 aromatic heterocycles. The van der Waals surface area contributed by atoms with Crippen molar-refractivity contribution in [1.82, 2.24) is 20.4 Å². The number of halogens is 6. The fourth-order valence-electron chi connectivity index (χ4n) is 4.51. The zero-order valence-electron chi connectivity index (χ0n) is 26.1. The summed E-state index contributed by atoms with van der Waals surface area (Å²) in [5, 5.41) is 18.4. The number of hydrogen-bond acceptors (Lipinski definition) is 6. The molecule has 2 aliphatic rings. The van der Waals surface area contributed by atoms with Gasteiger partial charge >= 0.3 is 12.4 Å². The maximum atomic E-state index is 12.5. The van der Waals surface area contributed by atoms with E-state index >= 15 is 0 Å². The molecule has 0 atom stereocenters. The Balaban J connectivity index is 0.000000331. The Hall–Kier alpha value is -3.00. The van der Waals surface area contributed by atoms with Gasteiger partial charge in [0.25, 0.3) is 11.5 Å². The summed E-state index contributed by atoms with van der Waals surface area (Å²) in [6, 6.07) is 0. The number of fused-ring (bicyclic) bond motifs is 1. The average Bonchev–Trinajstić information content (AvgIpc) is 3.39. The molecule has 0 radical (unpaired) electrons. The second kappa shape index (κ2) is 18.1. The summed E-state index contributed by atoms with van der Waals surface area (Å²) in [7, 11) is 0. The molecule has 0 unspecified atom stereocenters. The van der Waals surface area contributed by atoms with Crippen molar-refractivity contribution in [3.63, 3.8) is 0 Å². The second-order valence-corrected chi connectivity index (χ2v) is 10.6. The van der Waals surface area contributed by atoms with Crippen LogP contribution in [0.25, 0.3) is 0 Å². The van der Waals surface area contributed by atoms with Gasteiger partial charge in [0.1, 0.15) is 5.56 Å². The van der Waals surface area contributed by atoms with E-state index < -0.39 is 34.6 Å². The fourth-order valence-corrected chi connectivity index (χ4v) is 4.51. The highest BCUT2D eigenvalue weighted by Gasteiger charge is 2.44. The minimum Gasteiger partial charge on any atom is -0.377 e. The molecule has 44 heavy (non-hydrogen) atoms. The molecule has 0 spiro atoms. The highest BCUT2D eigenvalue weighted by atomic mass is 19.4. The third-order valence-electron chi connectivity index (χ3n) is 6.88. The number of nitrogens with zero attached hydrogens (tertiary/aromatic N) is 3. The molecule has 1 fully saturated rings. The maximum Gasteiger partial charge on any atom is 0.422 e. The number of nitrogens with one attached hydrogen (secondary N) is 2. The summed E-state index contributed by atoms with van der Waals surface area (Å²) < 4.78 is 73.9. The van der Waals surface area contributed by atoms with E-state index in [0.717, 1.165) is 57.5 Å². The van der Waals surface area contributed by atoms with Gasteiger partial charge in [0.05, 0.1) is 11.3 Å². The minimum absolute atomic E-state index is 0.0706. The predicted octanol–water partition coefficient (Wildman–Crippen LogP) is 5.91. The summed E-state index contributed by atoms with van der Waals surface area (Å²) in [5.74, 6) is -0.0933. The molecule has 1 saturated heterocycles. The van der Waals surface area contributed by atoms with Crippen molar-refractivity contribution in [3.8, 4) is 0 Å². The van der Waals surface area contributed by atoms with Gasteiger partial charge in [0.15, 0.2) is 5.60 Å². The Bertz CT molecular complexity index is 1200. The Morgan fingerprint density at radius 1 is 1.07 bits per heavy atom. The number of rotatable bonds is 10. The number of aliphatic hydroxyl groups is 1. The first-order valence-corrected chi connectivity index (χ1v) is 14.9. The van der Waals surface area contributed by atoms with Crippen molar-refractivity contribution in [1.29, 1.82) is 0 Å². The van der Waals surface area contributed by atoms with E-state index in [2.05, 4.69) is 29.3 Å². The number of allylic oxidation sites excluding steroid dienone is 4. The quantitative estimate of drug-likeness (QED) is 0.168. The van der Waals surface area contributed by atoms with Gasteiger partial charge in [-0.15, -0.1) is 0 Å². The van der Waals surface area contributed by atoms with Crippen molar-refractivity contribution in [2.75, 3.05) is 26.2 Å². The Morgan fingerprint density at radius 3 is 2.20 bits per heavy atom.